The molecule has 2 fully saturated rings. The van der Waals surface area contributed by atoms with Crippen LogP contribution in [-0.2, 0) is 11.3 Å². The molecule has 3 N–H and O–H groups in total. The van der Waals surface area contributed by atoms with E-state index in [-0.39, 0.29) is 19.4 Å². The van der Waals surface area contributed by atoms with Gasteiger partial charge in [0.2, 0.25) is 0 Å². The molecular formula is C14H16F6N4O2. The molecule has 0 aromatic carbocycles. The first kappa shape index (κ1) is 20.4. The van der Waals surface area contributed by atoms with Gasteiger partial charge in [-0.2, -0.15) is 26.3 Å². The molecule has 1 aliphatic heterocycles. The molecule has 0 atom stereocenters. The summed E-state index contributed by atoms with van der Waals surface area (Å²) in [6, 6.07) is 0. The Balaban J connectivity index is 0.000000298. The number of alkyl halides is 6. The van der Waals surface area contributed by atoms with Crippen molar-refractivity contribution in [2.75, 3.05) is 13.1 Å². The van der Waals surface area contributed by atoms with Gasteiger partial charge in [-0.15, -0.1) is 0 Å². The van der Waals surface area contributed by atoms with E-state index in [2.05, 4.69) is 20.6 Å². The number of hydrogen-bond donors (Lipinski definition) is 3. The van der Waals surface area contributed by atoms with E-state index in [0.29, 0.717) is 11.6 Å². The fourth-order valence-electron chi connectivity index (χ4n) is 2.11. The van der Waals surface area contributed by atoms with Crippen LogP contribution in [0, 0.1) is 0 Å². The van der Waals surface area contributed by atoms with E-state index in [9.17, 15) is 26.3 Å². The Morgan fingerprint density at radius 2 is 1.77 bits per heavy atom. The lowest BCUT2D eigenvalue weighted by molar-refractivity contribution is -0.192. The van der Waals surface area contributed by atoms with Crippen molar-refractivity contribution in [3.05, 3.63) is 23.8 Å². The highest BCUT2D eigenvalue weighted by Gasteiger charge is 2.62. The second kappa shape index (κ2) is 7.35. The van der Waals surface area contributed by atoms with E-state index in [1.165, 1.54) is 0 Å². The number of nitrogens with zero attached hydrogens (tertiary/aromatic N) is 2. The van der Waals surface area contributed by atoms with Crippen LogP contribution in [0.3, 0.4) is 0 Å². The zero-order valence-electron chi connectivity index (χ0n) is 13.3. The summed E-state index contributed by atoms with van der Waals surface area (Å²) in [7, 11) is 0. The van der Waals surface area contributed by atoms with E-state index in [1.54, 1.807) is 12.4 Å². The molecule has 6 nitrogen and oxygen atoms in total. The van der Waals surface area contributed by atoms with Crippen molar-refractivity contribution in [3.63, 3.8) is 0 Å². The van der Waals surface area contributed by atoms with Crippen LogP contribution in [0.5, 0.6) is 0 Å². The molecule has 0 bridgehead atoms. The number of carboxylic acid groups (broad SMARTS) is 1. The van der Waals surface area contributed by atoms with Crippen LogP contribution in [0.1, 0.15) is 30.1 Å². The van der Waals surface area contributed by atoms with Crippen LogP contribution in [0.25, 0.3) is 0 Å². The van der Waals surface area contributed by atoms with E-state index >= 15 is 0 Å². The minimum absolute atomic E-state index is 0.107. The summed E-state index contributed by atoms with van der Waals surface area (Å²) in [5, 5.41) is 12.8. The molecule has 0 radical (unpaired) electrons. The molecule has 0 spiro atoms. The first-order valence-corrected chi connectivity index (χ1v) is 7.58. The number of hydrogen-bond acceptors (Lipinski definition) is 5. The molecule has 12 heteroatoms. The average Bonchev–Trinajstić information content (AvgIpc) is 3.25. The molecule has 2 aliphatic rings. The Kier molecular flexibility index (Phi) is 5.76. The second-order valence-corrected chi connectivity index (χ2v) is 6.02. The van der Waals surface area contributed by atoms with Gasteiger partial charge in [0.15, 0.2) is 0 Å². The van der Waals surface area contributed by atoms with E-state index < -0.39 is 23.9 Å². The van der Waals surface area contributed by atoms with Gasteiger partial charge in [-0.3, -0.25) is 15.3 Å². The summed E-state index contributed by atoms with van der Waals surface area (Å²) in [5.41, 5.74) is -0.239. The summed E-state index contributed by atoms with van der Waals surface area (Å²) in [5.74, 6) is -2.37. The minimum Gasteiger partial charge on any atom is -0.475 e. The lowest BCUT2D eigenvalue weighted by Crippen LogP contribution is -2.44. The number of carbonyl (C=O) groups is 1. The van der Waals surface area contributed by atoms with Gasteiger partial charge >= 0.3 is 18.3 Å². The lowest BCUT2D eigenvalue weighted by atomic mass is 10.00. The molecule has 1 saturated heterocycles. The van der Waals surface area contributed by atoms with Crippen molar-refractivity contribution in [1.82, 2.24) is 20.6 Å². The highest BCUT2D eigenvalue weighted by atomic mass is 19.4. The lowest BCUT2D eigenvalue weighted by Gasteiger charge is -2.26. The predicted octanol–water partition coefficient (Wildman–Crippen LogP) is 1.98. The molecule has 26 heavy (non-hydrogen) atoms. The Hall–Kier alpha value is -1.95. The van der Waals surface area contributed by atoms with Crippen molar-refractivity contribution < 1.29 is 36.2 Å². The molecule has 0 amide bonds. The number of nitrogens with one attached hydrogen (secondary N) is 2. The SMILES string of the molecule is FC(F)(F)C1(NCc2cnc(C3CNC3)cn2)CC1.O=C(O)C(F)(F)F. The highest BCUT2D eigenvalue weighted by molar-refractivity contribution is 5.73. The molecule has 1 aromatic rings. The fraction of sp³-hybridized carbons (Fsp3) is 0.643. The first-order chi connectivity index (χ1) is 11.9. The van der Waals surface area contributed by atoms with Gasteiger partial charge in [0.1, 0.15) is 5.54 Å². The van der Waals surface area contributed by atoms with Crippen LogP contribution in [0.4, 0.5) is 26.3 Å². The van der Waals surface area contributed by atoms with Crippen molar-refractivity contribution >= 4 is 5.97 Å². The predicted molar refractivity (Wildman–Crippen MR) is 76.2 cm³/mol. The van der Waals surface area contributed by atoms with E-state index in [0.717, 1.165) is 18.8 Å². The van der Waals surface area contributed by atoms with Crippen LogP contribution in [-0.4, -0.2) is 52.0 Å². The third-order valence-electron chi connectivity index (χ3n) is 4.07. The molecular weight excluding hydrogens is 370 g/mol. The zero-order valence-corrected chi connectivity index (χ0v) is 13.3. The van der Waals surface area contributed by atoms with Crippen LogP contribution >= 0.6 is 0 Å². The summed E-state index contributed by atoms with van der Waals surface area (Å²) in [6.07, 6.45) is -5.74. The molecule has 146 valence electrons. The first-order valence-electron chi connectivity index (χ1n) is 7.58. The Labute approximate surface area is 144 Å². The summed E-state index contributed by atoms with van der Waals surface area (Å²) in [6.45, 7) is 1.89. The average molecular weight is 386 g/mol. The molecule has 1 aliphatic carbocycles. The Morgan fingerprint density at radius 1 is 1.19 bits per heavy atom. The van der Waals surface area contributed by atoms with Gasteiger partial charge in [-0.25, -0.2) is 4.79 Å². The van der Waals surface area contributed by atoms with Crippen molar-refractivity contribution in [1.29, 1.82) is 0 Å². The Morgan fingerprint density at radius 3 is 2.08 bits per heavy atom. The van der Waals surface area contributed by atoms with Crippen molar-refractivity contribution in [2.45, 2.75) is 43.2 Å². The number of halogens is 6. The standard InChI is InChI=1S/C12H15F3N4.C2HF3O2/c13-12(14,15)11(1-2-11)19-6-9-5-18-10(7-17-9)8-3-16-4-8;3-2(4,5)1(6)7/h5,7-8,16,19H,1-4,6H2;(H,6,7). The van der Waals surface area contributed by atoms with Gasteiger partial charge in [0.25, 0.3) is 0 Å². The zero-order chi connectivity index (χ0) is 19.6. The second-order valence-electron chi connectivity index (χ2n) is 6.02. The normalized spacial score (nSPS) is 19.2. The van der Waals surface area contributed by atoms with E-state index in [4.69, 9.17) is 9.90 Å². The largest absolute Gasteiger partial charge is 0.490 e. The molecule has 2 heterocycles. The molecule has 3 rings (SSSR count). The third-order valence-corrected chi connectivity index (χ3v) is 4.07. The quantitative estimate of drug-likeness (QED) is 0.686. The van der Waals surface area contributed by atoms with Gasteiger partial charge in [-0.1, -0.05) is 0 Å². The van der Waals surface area contributed by atoms with Gasteiger partial charge < -0.3 is 10.4 Å². The molecule has 1 saturated carbocycles. The maximum Gasteiger partial charge on any atom is 0.490 e. The number of rotatable bonds is 4. The van der Waals surface area contributed by atoms with Gasteiger partial charge in [-0.05, 0) is 12.8 Å². The maximum absolute atomic E-state index is 12.7. The smallest absolute Gasteiger partial charge is 0.475 e. The van der Waals surface area contributed by atoms with Gasteiger partial charge in [0, 0.05) is 31.7 Å². The molecule has 1 aromatic heterocycles. The van der Waals surface area contributed by atoms with E-state index in [1.807, 2.05) is 0 Å². The van der Waals surface area contributed by atoms with Crippen LogP contribution in [0.2, 0.25) is 0 Å². The number of aromatic nitrogens is 2. The van der Waals surface area contributed by atoms with Crippen molar-refractivity contribution in [2.24, 2.45) is 0 Å². The monoisotopic (exact) mass is 386 g/mol. The summed E-state index contributed by atoms with van der Waals surface area (Å²) in [4.78, 5) is 17.3. The third kappa shape index (κ3) is 5.04. The minimum atomic E-state index is -5.08. The Bertz CT molecular complexity index is 624. The van der Waals surface area contributed by atoms with Crippen LogP contribution in [0.15, 0.2) is 12.4 Å². The molecule has 0 unspecified atom stereocenters. The van der Waals surface area contributed by atoms with Gasteiger partial charge in [0.05, 0.1) is 17.6 Å². The maximum atomic E-state index is 12.7. The summed E-state index contributed by atoms with van der Waals surface area (Å²) >= 11 is 0. The fourth-order valence-corrected chi connectivity index (χ4v) is 2.11. The topological polar surface area (TPSA) is 87.1 Å². The number of aliphatic carboxylic acids is 1. The number of carboxylic acids is 1. The van der Waals surface area contributed by atoms with Crippen molar-refractivity contribution in [3.8, 4) is 0 Å². The van der Waals surface area contributed by atoms with Crippen LogP contribution < -0.4 is 10.6 Å². The highest BCUT2D eigenvalue weighted by Crippen LogP contribution is 2.48. The summed E-state index contributed by atoms with van der Waals surface area (Å²) < 4.78 is 69.9.